The summed E-state index contributed by atoms with van der Waals surface area (Å²) >= 11 is 0. The summed E-state index contributed by atoms with van der Waals surface area (Å²) in [4.78, 5) is 11.9. The van der Waals surface area contributed by atoms with Gasteiger partial charge in [0.2, 0.25) is 5.91 Å². The first-order valence-electron chi connectivity index (χ1n) is 5.34. The van der Waals surface area contributed by atoms with E-state index >= 15 is 0 Å². The molecule has 3 heteroatoms. The Bertz CT molecular complexity index is 250. The Kier molecular flexibility index (Phi) is 2.65. The zero-order chi connectivity index (χ0) is 11.1. The van der Waals surface area contributed by atoms with Crippen LogP contribution in [-0.4, -0.2) is 17.1 Å². The van der Waals surface area contributed by atoms with E-state index in [1.807, 2.05) is 13.8 Å². The minimum Gasteiger partial charge on any atom is -0.336 e. The van der Waals surface area contributed by atoms with Crippen LogP contribution in [0, 0.1) is 11.8 Å². The van der Waals surface area contributed by atoms with E-state index in [1.165, 1.54) is 0 Å². The Balaban J connectivity index is 2.94. The molecule has 14 heavy (non-hydrogen) atoms. The third-order valence-corrected chi connectivity index (χ3v) is 3.67. The Hall–Kier alpha value is -0.570. The highest BCUT2D eigenvalue weighted by molar-refractivity contribution is 5.89. The summed E-state index contributed by atoms with van der Waals surface area (Å²) in [5.41, 5.74) is -0.699. The summed E-state index contributed by atoms with van der Waals surface area (Å²) in [5, 5.41) is 6.48. The van der Waals surface area contributed by atoms with E-state index in [2.05, 4.69) is 38.3 Å². The number of carbonyl (C=O) groups is 1. The van der Waals surface area contributed by atoms with Gasteiger partial charge in [0.25, 0.3) is 0 Å². The Morgan fingerprint density at radius 3 is 1.79 bits per heavy atom. The SMILES string of the molecule is CC(C)C1(C)NC(=O)C(C)(C(C)C)N1. The van der Waals surface area contributed by atoms with Crippen LogP contribution < -0.4 is 10.6 Å². The molecule has 1 aliphatic rings. The van der Waals surface area contributed by atoms with Gasteiger partial charge in [0.1, 0.15) is 0 Å². The Morgan fingerprint density at radius 1 is 1.07 bits per heavy atom. The van der Waals surface area contributed by atoms with Crippen LogP contribution in [0.2, 0.25) is 0 Å². The van der Waals surface area contributed by atoms with Gasteiger partial charge in [-0.25, -0.2) is 0 Å². The van der Waals surface area contributed by atoms with E-state index in [-0.39, 0.29) is 11.6 Å². The predicted molar refractivity (Wildman–Crippen MR) is 57.8 cm³/mol. The highest BCUT2D eigenvalue weighted by Crippen LogP contribution is 2.29. The van der Waals surface area contributed by atoms with Crippen molar-refractivity contribution in [1.29, 1.82) is 0 Å². The maximum atomic E-state index is 11.9. The molecule has 82 valence electrons. The summed E-state index contributed by atoms with van der Waals surface area (Å²) in [7, 11) is 0. The molecule has 0 bridgehead atoms. The summed E-state index contributed by atoms with van der Waals surface area (Å²) in [5.74, 6) is 0.791. The van der Waals surface area contributed by atoms with E-state index in [4.69, 9.17) is 0 Å². The van der Waals surface area contributed by atoms with Crippen molar-refractivity contribution in [2.24, 2.45) is 11.8 Å². The second-order valence-corrected chi connectivity index (χ2v) is 5.29. The van der Waals surface area contributed by atoms with Crippen LogP contribution in [-0.2, 0) is 4.79 Å². The van der Waals surface area contributed by atoms with E-state index in [0.29, 0.717) is 11.8 Å². The maximum Gasteiger partial charge on any atom is 0.241 e. The molecule has 2 N–H and O–H groups in total. The first kappa shape index (κ1) is 11.5. The third-order valence-electron chi connectivity index (χ3n) is 3.67. The van der Waals surface area contributed by atoms with Crippen molar-refractivity contribution in [1.82, 2.24) is 10.6 Å². The standard InChI is InChI=1S/C11H22N2O/c1-7(2)10(5)9(14)12-11(6,13-10)8(3)4/h7-8,13H,1-6H3,(H,12,14). The zero-order valence-electron chi connectivity index (χ0n) is 10.1. The molecule has 0 aromatic carbocycles. The highest BCUT2D eigenvalue weighted by atomic mass is 16.2. The molecule has 2 unspecified atom stereocenters. The molecule has 1 heterocycles. The average molecular weight is 198 g/mol. The lowest BCUT2D eigenvalue weighted by Crippen LogP contribution is -2.55. The fourth-order valence-electron chi connectivity index (χ4n) is 1.69. The maximum absolute atomic E-state index is 11.9. The topological polar surface area (TPSA) is 41.1 Å². The van der Waals surface area contributed by atoms with Gasteiger partial charge in [0.15, 0.2) is 0 Å². The highest BCUT2D eigenvalue weighted by Gasteiger charge is 2.51. The number of hydrogen-bond donors (Lipinski definition) is 2. The van der Waals surface area contributed by atoms with Gasteiger partial charge in [-0.05, 0) is 25.7 Å². The van der Waals surface area contributed by atoms with E-state index < -0.39 is 5.54 Å². The molecule has 0 radical (unpaired) electrons. The molecule has 0 saturated carbocycles. The molecule has 1 rings (SSSR count). The van der Waals surface area contributed by atoms with Gasteiger partial charge < -0.3 is 5.32 Å². The number of nitrogens with one attached hydrogen (secondary N) is 2. The average Bonchev–Trinajstić information content (AvgIpc) is 2.25. The number of amides is 1. The second kappa shape index (κ2) is 3.23. The van der Waals surface area contributed by atoms with Crippen molar-refractivity contribution in [3.8, 4) is 0 Å². The van der Waals surface area contributed by atoms with Gasteiger partial charge in [-0.15, -0.1) is 0 Å². The number of hydrogen-bond acceptors (Lipinski definition) is 2. The first-order valence-corrected chi connectivity index (χ1v) is 5.34. The lowest BCUT2D eigenvalue weighted by atomic mass is 9.88. The summed E-state index contributed by atoms with van der Waals surface area (Å²) in [6.45, 7) is 12.4. The summed E-state index contributed by atoms with van der Waals surface area (Å²) < 4.78 is 0. The quantitative estimate of drug-likeness (QED) is 0.706. The van der Waals surface area contributed by atoms with Gasteiger partial charge in [-0.3, -0.25) is 10.1 Å². The minimum absolute atomic E-state index is 0.115. The second-order valence-electron chi connectivity index (χ2n) is 5.29. The molecule has 0 aromatic heterocycles. The first-order chi connectivity index (χ1) is 6.22. The fraction of sp³-hybridized carbons (Fsp3) is 0.909. The molecular formula is C11H22N2O. The van der Waals surface area contributed by atoms with Gasteiger partial charge in [-0.1, -0.05) is 27.7 Å². The van der Waals surface area contributed by atoms with Crippen molar-refractivity contribution in [2.75, 3.05) is 0 Å². The fourth-order valence-corrected chi connectivity index (χ4v) is 1.69. The molecular weight excluding hydrogens is 176 g/mol. The molecule has 0 aliphatic carbocycles. The molecule has 1 amide bonds. The molecule has 2 atom stereocenters. The number of rotatable bonds is 2. The monoisotopic (exact) mass is 198 g/mol. The molecule has 0 aromatic rings. The lowest BCUT2D eigenvalue weighted by molar-refractivity contribution is -0.125. The third kappa shape index (κ3) is 1.54. The largest absolute Gasteiger partial charge is 0.336 e. The van der Waals surface area contributed by atoms with Gasteiger partial charge in [0.05, 0.1) is 11.2 Å². The van der Waals surface area contributed by atoms with Crippen LogP contribution in [0.3, 0.4) is 0 Å². The smallest absolute Gasteiger partial charge is 0.241 e. The van der Waals surface area contributed by atoms with Crippen molar-refractivity contribution in [2.45, 2.75) is 52.7 Å². The van der Waals surface area contributed by atoms with Crippen LogP contribution in [0.15, 0.2) is 0 Å². The van der Waals surface area contributed by atoms with Crippen LogP contribution in [0.1, 0.15) is 41.5 Å². The van der Waals surface area contributed by atoms with E-state index in [9.17, 15) is 4.79 Å². The Morgan fingerprint density at radius 2 is 1.57 bits per heavy atom. The minimum atomic E-state index is -0.432. The molecule has 1 saturated heterocycles. The van der Waals surface area contributed by atoms with Crippen LogP contribution in [0.5, 0.6) is 0 Å². The molecule has 0 spiro atoms. The van der Waals surface area contributed by atoms with Crippen LogP contribution in [0.25, 0.3) is 0 Å². The van der Waals surface area contributed by atoms with E-state index in [0.717, 1.165) is 0 Å². The lowest BCUT2D eigenvalue weighted by Gasteiger charge is -2.33. The summed E-state index contributed by atoms with van der Waals surface area (Å²) in [6, 6.07) is 0. The van der Waals surface area contributed by atoms with Crippen molar-refractivity contribution < 1.29 is 4.79 Å². The molecule has 3 nitrogen and oxygen atoms in total. The molecule has 1 aliphatic heterocycles. The summed E-state index contributed by atoms with van der Waals surface area (Å²) in [6.07, 6.45) is 0. The molecule has 1 fully saturated rings. The van der Waals surface area contributed by atoms with Crippen LogP contribution >= 0.6 is 0 Å². The number of carbonyl (C=O) groups excluding carboxylic acids is 1. The zero-order valence-corrected chi connectivity index (χ0v) is 10.1. The van der Waals surface area contributed by atoms with Gasteiger partial charge >= 0.3 is 0 Å². The van der Waals surface area contributed by atoms with Gasteiger partial charge in [0, 0.05) is 0 Å². The van der Waals surface area contributed by atoms with Crippen LogP contribution in [0.4, 0.5) is 0 Å². The normalized spacial score (nSPS) is 38.1. The van der Waals surface area contributed by atoms with Crippen molar-refractivity contribution >= 4 is 5.91 Å². The van der Waals surface area contributed by atoms with Crippen molar-refractivity contribution in [3.63, 3.8) is 0 Å². The Labute approximate surface area is 86.6 Å². The van der Waals surface area contributed by atoms with Crippen molar-refractivity contribution in [3.05, 3.63) is 0 Å². The predicted octanol–water partition coefficient (Wildman–Crippen LogP) is 1.49. The van der Waals surface area contributed by atoms with Gasteiger partial charge in [-0.2, -0.15) is 0 Å². The van der Waals surface area contributed by atoms with E-state index in [1.54, 1.807) is 0 Å².